The van der Waals surface area contributed by atoms with Gasteiger partial charge >= 0.3 is 0 Å². The predicted molar refractivity (Wildman–Crippen MR) is 154 cm³/mol. The molecule has 1 atom stereocenters. The van der Waals surface area contributed by atoms with E-state index in [-0.39, 0.29) is 23.3 Å². The van der Waals surface area contributed by atoms with Crippen molar-refractivity contribution in [1.29, 1.82) is 0 Å². The van der Waals surface area contributed by atoms with Crippen LogP contribution < -0.4 is 4.74 Å². The summed E-state index contributed by atoms with van der Waals surface area (Å²) in [4.78, 5) is 18.5. The van der Waals surface area contributed by atoms with Gasteiger partial charge in [-0.05, 0) is 90.5 Å². The lowest BCUT2D eigenvalue weighted by Gasteiger charge is -2.10. The van der Waals surface area contributed by atoms with Crippen LogP contribution in [0.4, 0.5) is 0 Å². The minimum atomic E-state index is -0.300. The van der Waals surface area contributed by atoms with Gasteiger partial charge in [-0.2, -0.15) is 0 Å². The van der Waals surface area contributed by atoms with Crippen LogP contribution in [0, 0.1) is 0 Å². The standard InChI is InChI=1S/C33H27O3S2/c1-36-27-11-19-31(20-12-27)38(30-17-7-24(23-34)8-18-30)32-21-15-29(16-22-32)37-28-13-9-26(10-14-28)33(35)25-5-3-2-4-6-25/h2-22,34H,23H2,1H3/q+1. The van der Waals surface area contributed by atoms with E-state index in [4.69, 9.17) is 4.74 Å². The summed E-state index contributed by atoms with van der Waals surface area (Å²) in [5, 5.41) is 9.47. The molecular weight excluding hydrogens is 508 g/mol. The number of rotatable bonds is 9. The number of benzene rings is 5. The van der Waals surface area contributed by atoms with Gasteiger partial charge in [0.2, 0.25) is 0 Å². The van der Waals surface area contributed by atoms with E-state index in [0.29, 0.717) is 11.1 Å². The van der Waals surface area contributed by atoms with E-state index in [9.17, 15) is 9.90 Å². The topological polar surface area (TPSA) is 46.5 Å². The number of methoxy groups -OCH3 is 1. The fourth-order valence-corrected chi connectivity index (χ4v) is 6.92. The molecular formula is C33H27O3S2+. The van der Waals surface area contributed by atoms with Gasteiger partial charge in [-0.15, -0.1) is 0 Å². The highest BCUT2D eigenvalue weighted by atomic mass is 32.2. The Morgan fingerprint density at radius 1 is 0.658 bits per heavy atom. The van der Waals surface area contributed by atoms with Gasteiger partial charge in [-0.3, -0.25) is 4.79 Å². The Hall–Kier alpha value is -3.77. The van der Waals surface area contributed by atoms with Gasteiger partial charge < -0.3 is 9.84 Å². The van der Waals surface area contributed by atoms with Gasteiger partial charge in [-0.1, -0.05) is 54.2 Å². The molecule has 5 aromatic rings. The van der Waals surface area contributed by atoms with Crippen LogP contribution in [0.15, 0.2) is 152 Å². The molecule has 0 saturated heterocycles. The van der Waals surface area contributed by atoms with E-state index in [1.807, 2.05) is 78.9 Å². The maximum Gasteiger partial charge on any atom is 0.193 e. The molecule has 0 aliphatic heterocycles. The molecule has 0 heterocycles. The van der Waals surface area contributed by atoms with E-state index >= 15 is 0 Å². The smallest absolute Gasteiger partial charge is 0.193 e. The molecule has 0 fully saturated rings. The van der Waals surface area contributed by atoms with Crippen LogP contribution in [0.3, 0.4) is 0 Å². The molecule has 5 heteroatoms. The molecule has 0 aromatic heterocycles. The van der Waals surface area contributed by atoms with Crippen molar-refractivity contribution in [2.45, 2.75) is 31.1 Å². The van der Waals surface area contributed by atoms with Gasteiger partial charge in [0.25, 0.3) is 0 Å². The zero-order chi connectivity index (χ0) is 26.3. The van der Waals surface area contributed by atoms with Crippen molar-refractivity contribution >= 4 is 28.4 Å². The molecule has 0 bridgehead atoms. The van der Waals surface area contributed by atoms with Crippen LogP contribution in [0.1, 0.15) is 21.5 Å². The van der Waals surface area contributed by atoms with Crippen molar-refractivity contribution in [2.75, 3.05) is 7.11 Å². The van der Waals surface area contributed by atoms with Gasteiger partial charge in [0.15, 0.2) is 20.5 Å². The van der Waals surface area contributed by atoms with E-state index in [1.165, 1.54) is 14.7 Å². The molecule has 0 spiro atoms. The molecule has 0 aliphatic carbocycles. The Morgan fingerprint density at radius 2 is 1.13 bits per heavy atom. The summed E-state index contributed by atoms with van der Waals surface area (Å²) in [6.45, 7) is 0.0317. The Balaban J connectivity index is 1.36. The van der Waals surface area contributed by atoms with E-state index in [0.717, 1.165) is 21.1 Å². The predicted octanol–water partition coefficient (Wildman–Crippen LogP) is 7.67. The van der Waals surface area contributed by atoms with Gasteiger partial charge in [-0.25, -0.2) is 0 Å². The third-order valence-corrected chi connectivity index (χ3v) is 9.33. The number of hydrogen-bond donors (Lipinski definition) is 1. The zero-order valence-electron chi connectivity index (χ0n) is 20.9. The minimum absolute atomic E-state index is 0.0316. The Kier molecular flexibility index (Phi) is 8.29. The molecule has 0 saturated carbocycles. The van der Waals surface area contributed by atoms with Crippen molar-refractivity contribution in [3.63, 3.8) is 0 Å². The zero-order valence-corrected chi connectivity index (χ0v) is 22.5. The second-order valence-corrected chi connectivity index (χ2v) is 11.8. The van der Waals surface area contributed by atoms with Gasteiger partial charge in [0.1, 0.15) is 5.75 Å². The maximum absolute atomic E-state index is 12.7. The number of ketones is 1. The second kappa shape index (κ2) is 12.2. The first kappa shape index (κ1) is 25.9. The van der Waals surface area contributed by atoms with Crippen molar-refractivity contribution in [3.05, 3.63) is 144 Å². The van der Waals surface area contributed by atoms with Crippen molar-refractivity contribution in [1.82, 2.24) is 0 Å². The first-order valence-electron chi connectivity index (χ1n) is 12.2. The van der Waals surface area contributed by atoms with Crippen LogP contribution >= 0.6 is 11.8 Å². The largest absolute Gasteiger partial charge is 0.497 e. The Bertz CT molecular complexity index is 1430. The average Bonchev–Trinajstić information content (AvgIpc) is 2.99. The maximum atomic E-state index is 12.7. The minimum Gasteiger partial charge on any atom is -0.497 e. The van der Waals surface area contributed by atoms with Crippen LogP contribution in [-0.4, -0.2) is 18.0 Å². The molecule has 5 rings (SSSR count). The summed E-state index contributed by atoms with van der Waals surface area (Å²) in [7, 11) is 1.37. The average molecular weight is 536 g/mol. The summed E-state index contributed by atoms with van der Waals surface area (Å²) < 4.78 is 5.36. The molecule has 0 radical (unpaired) electrons. The molecule has 3 nitrogen and oxygen atoms in total. The lowest BCUT2D eigenvalue weighted by Crippen LogP contribution is -2.05. The fraction of sp³-hybridized carbons (Fsp3) is 0.0606. The summed E-state index contributed by atoms with van der Waals surface area (Å²) in [6.07, 6.45) is 0. The molecule has 188 valence electrons. The monoisotopic (exact) mass is 535 g/mol. The van der Waals surface area contributed by atoms with Crippen LogP contribution in [-0.2, 0) is 17.5 Å². The number of hydrogen-bond acceptors (Lipinski definition) is 4. The van der Waals surface area contributed by atoms with E-state index in [1.54, 1.807) is 18.9 Å². The van der Waals surface area contributed by atoms with E-state index < -0.39 is 0 Å². The highest BCUT2D eigenvalue weighted by molar-refractivity contribution is 7.99. The van der Waals surface area contributed by atoms with Crippen LogP contribution in [0.25, 0.3) is 0 Å². The second-order valence-electron chi connectivity index (χ2n) is 8.58. The van der Waals surface area contributed by atoms with Crippen molar-refractivity contribution in [2.24, 2.45) is 0 Å². The van der Waals surface area contributed by atoms with Crippen LogP contribution in [0.5, 0.6) is 5.75 Å². The number of carbonyl (C=O) groups excluding carboxylic acids is 1. The number of aliphatic hydroxyl groups is 1. The first-order valence-corrected chi connectivity index (χ1v) is 14.2. The SMILES string of the molecule is COc1ccc([S+](c2ccc(CO)cc2)c2ccc(Sc3ccc(C(=O)c4ccccc4)cc3)cc2)cc1. The normalized spacial score (nSPS) is 11.6. The van der Waals surface area contributed by atoms with Gasteiger partial charge in [0.05, 0.1) is 24.6 Å². The third kappa shape index (κ3) is 6.03. The van der Waals surface area contributed by atoms with Crippen molar-refractivity contribution in [3.8, 4) is 5.75 Å². The van der Waals surface area contributed by atoms with Crippen LogP contribution in [0.2, 0.25) is 0 Å². The molecule has 0 amide bonds. The summed E-state index contributed by atoms with van der Waals surface area (Å²) in [5.41, 5.74) is 2.28. The molecule has 1 N–H and O–H groups in total. The summed E-state index contributed by atoms with van der Waals surface area (Å²) in [5.74, 6) is 0.861. The third-order valence-electron chi connectivity index (χ3n) is 6.08. The number of aliphatic hydroxyl groups excluding tert-OH is 1. The highest BCUT2D eigenvalue weighted by Gasteiger charge is 2.28. The summed E-state index contributed by atoms with van der Waals surface area (Å²) in [6, 6.07) is 42.2. The Labute approximate surface area is 230 Å². The lowest BCUT2D eigenvalue weighted by atomic mass is 10.0. The fourth-order valence-electron chi connectivity index (χ4n) is 4.06. The van der Waals surface area contributed by atoms with E-state index in [2.05, 4.69) is 48.5 Å². The molecule has 0 aliphatic rings. The quantitative estimate of drug-likeness (QED) is 0.155. The summed E-state index contributed by atoms with van der Waals surface area (Å²) >= 11 is 1.67. The molecule has 38 heavy (non-hydrogen) atoms. The van der Waals surface area contributed by atoms with Gasteiger partial charge in [0, 0.05) is 20.9 Å². The number of carbonyl (C=O) groups is 1. The number of ether oxygens (including phenoxy) is 1. The van der Waals surface area contributed by atoms with Crippen molar-refractivity contribution < 1.29 is 14.6 Å². The first-order chi connectivity index (χ1) is 18.6. The molecule has 1 unspecified atom stereocenters. The highest BCUT2D eigenvalue weighted by Crippen LogP contribution is 2.35. The Morgan fingerprint density at radius 3 is 1.66 bits per heavy atom. The molecule has 5 aromatic carbocycles. The lowest BCUT2D eigenvalue weighted by molar-refractivity contribution is 0.103.